The molecule has 0 aromatic carbocycles. The van der Waals surface area contributed by atoms with Gasteiger partial charge in [-0.15, -0.1) is 0 Å². The zero-order chi connectivity index (χ0) is 17.9. The van der Waals surface area contributed by atoms with Crippen LogP contribution < -0.4 is 0 Å². The second-order valence-corrected chi connectivity index (χ2v) is 7.05. The smallest absolute Gasteiger partial charge is 0.246 e. The molecule has 0 heterocycles. The Kier molecular flexibility index (Phi) is 17.9. The van der Waals surface area contributed by atoms with E-state index in [0.717, 1.165) is 32.4 Å². The largest absolute Gasteiger partial charge is 0.339 e. The summed E-state index contributed by atoms with van der Waals surface area (Å²) in [5.74, 6) is 0.233. The van der Waals surface area contributed by atoms with Gasteiger partial charge >= 0.3 is 0 Å². The molecule has 0 aliphatic heterocycles. The van der Waals surface area contributed by atoms with Crippen LogP contribution in [-0.2, 0) is 4.79 Å². The third kappa shape index (κ3) is 14.8. The van der Waals surface area contributed by atoms with E-state index in [1.807, 2.05) is 6.08 Å². The summed E-state index contributed by atoms with van der Waals surface area (Å²) in [7, 11) is 0. The molecule has 2 heteroatoms. The number of hydrogen-bond donors (Lipinski definition) is 0. The molecule has 0 rings (SSSR count). The quantitative estimate of drug-likeness (QED) is 0.209. The third-order valence-corrected chi connectivity index (χ3v) is 4.61. The van der Waals surface area contributed by atoms with Gasteiger partial charge in [-0.05, 0) is 31.8 Å². The van der Waals surface area contributed by atoms with Crippen LogP contribution in [0, 0.1) is 0 Å². The summed E-state index contributed by atoms with van der Waals surface area (Å²) in [6.45, 7) is 8.58. The fraction of sp³-hybridized carbons (Fsp3) is 0.864. The Bertz CT molecular complexity index is 286. The molecule has 0 aliphatic rings. The molecule has 0 N–H and O–H groups in total. The molecule has 0 aromatic rings. The van der Waals surface area contributed by atoms with Gasteiger partial charge in [-0.3, -0.25) is 4.79 Å². The van der Waals surface area contributed by atoms with Crippen molar-refractivity contribution in [1.82, 2.24) is 4.90 Å². The number of allylic oxidation sites excluding steroid dienone is 1. The molecule has 142 valence electrons. The molecule has 0 unspecified atom stereocenters. The normalized spacial score (nSPS) is 11.3. The Hall–Kier alpha value is -0.790. The highest BCUT2D eigenvalue weighted by molar-refractivity contribution is 5.87. The molecule has 0 aliphatic carbocycles. The first-order valence-electron chi connectivity index (χ1n) is 10.7. The SMILES string of the molecule is CCCCCCCC=CC(=O)N(CCCCCC)CCCCCC. The van der Waals surface area contributed by atoms with Gasteiger partial charge in [0.2, 0.25) is 5.91 Å². The first kappa shape index (κ1) is 23.2. The van der Waals surface area contributed by atoms with Crippen LogP contribution in [0.15, 0.2) is 12.2 Å². The van der Waals surface area contributed by atoms with Crippen LogP contribution in [0.1, 0.15) is 111 Å². The van der Waals surface area contributed by atoms with E-state index in [4.69, 9.17) is 0 Å². The van der Waals surface area contributed by atoms with Crippen molar-refractivity contribution in [2.24, 2.45) is 0 Å². The molecule has 0 saturated heterocycles. The van der Waals surface area contributed by atoms with Crippen molar-refractivity contribution < 1.29 is 4.79 Å². The number of rotatable bonds is 17. The van der Waals surface area contributed by atoms with Crippen molar-refractivity contribution in [3.05, 3.63) is 12.2 Å². The van der Waals surface area contributed by atoms with Crippen molar-refractivity contribution in [2.75, 3.05) is 13.1 Å². The fourth-order valence-electron chi connectivity index (χ4n) is 2.95. The lowest BCUT2D eigenvalue weighted by Crippen LogP contribution is -2.31. The number of amides is 1. The lowest BCUT2D eigenvalue weighted by atomic mass is 10.1. The Morgan fingerprint density at radius 3 is 1.62 bits per heavy atom. The summed E-state index contributed by atoms with van der Waals surface area (Å²) in [5, 5.41) is 0. The van der Waals surface area contributed by atoms with Gasteiger partial charge in [-0.2, -0.15) is 0 Å². The van der Waals surface area contributed by atoms with E-state index in [-0.39, 0.29) is 5.91 Å². The maximum atomic E-state index is 12.4. The minimum Gasteiger partial charge on any atom is -0.339 e. The summed E-state index contributed by atoms with van der Waals surface area (Å²) in [5.41, 5.74) is 0. The average Bonchev–Trinajstić information content (AvgIpc) is 2.59. The standard InChI is InChI=1S/C22H43NO/c1-4-7-10-13-14-15-16-19-22(24)23(20-17-11-8-5-2)21-18-12-9-6-3/h16,19H,4-15,17-18,20-21H2,1-3H3. The molecule has 0 spiro atoms. The summed E-state index contributed by atoms with van der Waals surface area (Å²) in [6.07, 6.45) is 21.3. The molecule has 0 saturated carbocycles. The van der Waals surface area contributed by atoms with E-state index in [1.165, 1.54) is 70.6 Å². The summed E-state index contributed by atoms with van der Waals surface area (Å²) in [4.78, 5) is 14.5. The van der Waals surface area contributed by atoms with Crippen LogP contribution in [0.25, 0.3) is 0 Å². The zero-order valence-corrected chi connectivity index (χ0v) is 16.8. The minimum atomic E-state index is 0.233. The van der Waals surface area contributed by atoms with Crippen molar-refractivity contribution >= 4 is 5.91 Å². The molecular formula is C22H43NO. The van der Waals surface area contributed by atoms with Gasteiger partial charge in [0.05, 0.1) is 0 Å². The van der Waals surface area contributed by atoms with E-state index >= 15 is 0 Å². The molecule has 0 aromatic heterocycles. The minimum absolute atomic E-state index is 0.233. The predicted molar refractivity (Wildman–Crippen MR) is 107 cm³/mol. The zero-order valence-electron chi connectivity index (χ0n) is 16.8. The van der Waals surface area contributed by atoms with Crippen LogP contribution in [-0.4, -0.2) is 23.9 Å². The summed E-state index contributed by atoms with van der Waals surface area (Å²) < 4.78 is 0. The molecular weight excluding hydrogens is 294 g/mol. The molecule has 0 bridgehead atoms. The summed E-state index contributed by atoms with van der Waals surface area (Å²) >= 11 is 0. The third-order valence-electron chi connectivity index (χ3n) is 4.61. The average molecular weight is 338 g/mol. The monoisotopic (exact) mass is 337 g/mol. The van der Waals surface area contributed by atoms with Gasteiger partial charge in [0.25, 0.3) is 0 Å². The van der Waals surface area contributed by atoms with Gasteiger partial charge in [0.15, 0.2) is 0 Å². The van der Waals surface area contributed by atoms with E-state index in [2.05, 4.69) is 31.7 Å². The summed E-state index contributed by atoms with van der Waals surface area (Å²) in [6, 6.07) is 0. The molecule has 0 atom stereocenters. The van der Waals surface area contributed by atoms with Gasteiger partial charge in [0, 0.05) is 13.1 Å². The lowest BCUT2D eigenvalue weighted by molar-refractivity contribution is -0.126. The van der Waals surface area contributed by atoms with Gasteiger partial charge < -0.3 is 4.90 Å². The predicted octanol–water partition coefficient (Wildman–Crippen LogP) is 6.89. The second-order valence-electron chi connectivity index (χ2n) is 7.05. The highest BCUT2D eigenvalue weighted by atomic mass is 16.2. The van der Waals surface area contributed by atoms with Gasteiger partial charge in [0.1, 0.15) is 0 Å². The van der Waals surface area contributed by atoms with Gasteiger partial charge in [-0.25, -0.2) is 0 Å². The molecule has 24 heavy (non-hydrogen) atoms. The fourth-order valence-corrected chi connectivity index (χ4v) is 2.95. The van der Waals surface area contributed by atoms with E-state index < -0.39 is 0 Å². The van der Waals surface area contributed by atoms with Crippen molar-refractivity contribution in [2.45, 2.75) is 111 Å². The van der Waals surface area contributed by atoms with Crippen LogP contribution in [0.5, 0.6) is 0 Å². The number of nitrogens with zero attached hydrogens (tertiary/aromatic N) is 1. The maximum Gasteiger partial charge on any atom is 0.246 e. The van der Waals surface area contributed by atoms with E-state index in [1.54, 1.807) is 0 Å². The highest BCUT2D eigenvalue weighted by Crippen LogP contribution is 2.08. The number of carbonyl (C=O) groups excluding carboxylic acids is 1. The molecule has 2 nitrogen and oxygen atoms in total. The Morgan fingerprint density at radius 1 is 0.667 bits per heavy atom. The second kappa shape index (κ2) is 18.5. The number of hydrogen-bond acceptors (Lipinski definition) is 1. The molecule has 1 amide bonds. The highest BCUT2D eigenvalue weighted by Gasteiger charge is 2.09. The first-order chi connectivity index (χ1) is 11.8. The first-order valence-corrected chi connectivity index (χ1v) is 10.7. The Morgan fingerprint density at radius 2 is 1.12 bits per heavy atom. The van der Waals surface area contributed by atoms with Crippen molar-refractivity contribution in [1.29, 1.82) is 0 Å². The number of carbonyl (C=O) groups is 1. The molecule has 0 radical (unpaired) electrons. The van der Waals surface area contributed by atoms with Gasteiger partial charge in [-0.1, -0.05) is 91.1 Å². The Balaban J connectivity index is 4.08. The van der Waals surface area contributed by atoms with E-state index in [9.17, 15) is 4.79 Å². The van der Waals surface area contributed by atoms with Crippen LogP contribution in [0.2, 0.25) is 0 Å². The van der Waals surface area contributed by atoms with Crippen LogP contribution >= 0.6 is 0 Å². The topological polar surface area (TPSA) is 20.3 Å². The number of unbranched alkanes of at least 4 members (excludes halogenated alkanes) is 11. The van der Waals surface area contributed by atoms with Crippen LogP contribution in [0.3, 0.4) is 0 Å². The maximum absolute atomic E-state index is 12.4. The van der Waals surface area contributed by atoms with Crippen LogP contribution in [0.4, 0.5) is 0 Å². The van der Waals surface area contributed by atoms with E-state index in [0.29, 0.717) is 0 Å². The Labute approximate surface area is 152 Å². The van der Waals surface area contributed by atoms with Crippen molar-refractivity contribution in [3.63, 3.8) is 0 Å². The molecule has 0 fully saturated rings. The van der Waals surface area contributed by atoms with Crippen molar-refractivity contribution in [3.8, 4) is 0 Å². The lowest BCUT2D eigenvalue weighted by Gasteiger charge is -2.21.